The van der Waals surface area contributed by atoms with E-state index in [2.05, 4.69) is 0 Å². The summed E-state index contributed by atoms with van der Waals surface area (Å²) in [6.45, 7) is 3.55. The molecular weight excluding hydrogens is 224 g/mol. The molecule has 0 fully saturated rings. The van der Waals surface area contributed by atoms with Crippen molar-refractivity contribution in [3.63, 3.8) is 0 Å². The SMILES string of the molecule is C.CC(C)[C@H](N)C(=O)O.[Pd]. The molecule has 0 radical (unpaired) electrons. The second kappa shape index (κ2) is 7.20. The van der Waals surface area contributed by atoms with Crippen molar-refractivity contribution in [1.82, 2.24) is 0 Å². The third-order valence-corrected chi connectivity index (χ3v) is 1.00. The van der Waals surface area contributed by atoms with Crippen molar-refractivity contribution >= 4 is 5.97 Å². The van der Waals surface area contributed by atoms with Gasteiger partial charge in [0.25, 0.3) is 0 Å². The van der Waals surface area contributed by atoms with Gasteiger partial charge in [-0.3, -0.25) is 4.79 Å². The van der Waals surface area contributed by atoms with Crippen LogP contribution in [-0.2, 0) is 25.2 Å². The van der Waals surface area contributed by atoms with E-state index >= 15 is 0 Å². The van der Waals surface area contributed by atoms with Crippen molar-refractivity contribution in [2.24, 2.45) is 11.7 Å². The van der Waals surface area contributed by atoms with E-state index in [1.54, 1.807) is 13.8 Å². The summed E-state index contributed by atoms with van der Waals surface area (Å²) < 4.78 is 0. The fourth-order valence-electron chi connectivity index (χ4n) is 0.285. The van der Waals surface area contributed by atoms with E-state index in [4.69, 9.17) is 10.8 Å². The fraction of sp³-hybridized carbons (Fsp3) is 0.833. The zero-order chi connectivity index (χ0) is 6.73. The summed E-state index contributed by atoms with van der Waals surface area (Å²) in [5, 5.41) is 8.23. The van der Waals surface area contributed by atoms with Gasteiger partial charge in [-0.2, -0.15) is 0 Å². The Labute approximate surface area is 75.6 Å². The van der Waals surface area contributed by atoms with E-state index in [0.717, 1.165) is 0 Å². The number of carbonyl (C=O) groups is 1. The summed E-state index contributed by atoms with van der Waals surface area (Å²) in [5.41, 5.74) is 5.16. The van der Waals surface area contributed by atoms with Crippen LogP contribution in [0.25, 0.3) is 0 Å². The third kappa shape index (κ3) is 6.22. The molecular formula is C6H15NO2Pd. The summed E-state index contributed by atoms with van der Waals surface area (Å²) in [6.07, 6.45) is 0. The maximum absolute atomic E-state index is 10.0. The molecule has 1 atom stereocenters. The average Bonchev–Trinajstić information content (AvgIpc) is 1.64. The molecule has 3 nitrogen and oxygen atoms in total. The first kappa shape index (κ1) is 16.6. The van der Waals surface area contributed by atoms with Crippen LogP contribution in [0, 0.1) is 5.92 Å². The molecule has 0 amide bonds. The minimum atomic E-state index is -0.931. The molecule has 0 saturated heterocycles. The summed E-state index contributed by atoms with van der Waals surface area (Å²) in [7, 11) is 0. The van der Waals surface area contributed by atoms with E-state index in [-0.39, 0.29) is 33.8 Å². The summed E-state index contributed by atoms with van der Waals surface area (Å²) >= 11 is 0. The van der Waals surface area contributed by atoms with Gasteiger partial charge in [-0.1, -0.05) is 21.3 Å². The Morgan fingerprint density at radius 3 is 1.80 bits per heavy atom. The fourth-order valence-corrected chi connectivity index (χ4v) is 0.285. The van der Waals surface area contributed by atoms with E-state index in [1.807, 2.05) is 0 Å². The zero-order valence-electron chi connectivity index (χ0n) is 5.40. The van der Waals surface area contributed by atoms with Crippen molar-refractivity contribution < 1.29 is 30.3 Å². The Hall–Kier alpha value is 0.0923. The Bertz CT molecular complexity index is 95.7. The molecule has 0 aliphatic heterocycles. The number of aliphatic carboxylic acids is 1. The molecule has 3 N–H and O–H groups in total. The number of rotatable bonds is 2. The first-order valence-electron chi connectivity index (χ1n) is 2.54. The van der Waals surface area contributed by atoms with Gasteiger partial charge in [-0.15, -0.1) is 0 Å². The van der Waals surface area contributed by atoms with Crippen LogP contribution in [0.5, 0.6) is 0 Å². The van der Waals surface area contributed by atoms with Gasteiger partial charge in [0, 0.05) is 20.4 Å². The normalized spacial score (nSPS) is 11.2. The second-order valence-corrected chi connectivity index (χ2v) is 2.11. The largest absolute Gasteiger partial charge is 0.480 e. The number of carboxylic acid groups (broad SMARTS) is 1. The first-order chi connectivity index (χ1) is 3.55. The van der Waals surface area contributed by atoms with E-state index in [0.29, 0.717) is 0 Å². The van der Waals surface area contributed by atoms with Gasteiger partial charge in [0.15, 0.2) is 0 Å². The van der Waals surface area contributed by atoms with E-state index in [9.17, 15) is 4.79 Å². The number of hydrogen-bond acceptors (Lipinski definition) is 2. The molecule has 0 unspecified atom stereocenters. The van der Waals surface area contributed by atoms with Crippen molar-refractivity contribution in [3.8, 4) is 0 Å². The van der Waals surface area contributed by atoms with E-state index < -0.39 is 12.0 Å². The minimum absolute atomic E-state index is 0. The van der Waals surface area contributed by atoms with Gasteiger partial charge in [0.1, 0.15) is 6.04 Å². The topological polar surface area (TPSA) is 63.3 Å². The molecule has 0 heterocycles. The van der Waals surface area contributed by atoms with Crippen LogP contribution in [-0.4, -0.2) is 17.1 Å². The van der Waals surface area contributed by atoms with Crippen molar-refractivity contribution in [2.45, 2.75) is 27.3 Å². The molecule has 0 spiro atoms. The molecule has 0 aromatic carbocycles. The number of carboxylic acids is 1. The Morgan fingerprint density at radius 2 is 1.80 bits per heavy atom. The predicted molar refractivity (Wildman–Crippen MR) is 37.2 cm³/mol. The van der Waals surface area contributed by atoms with Gasteiger partial charge >= 0.3 is 5.97 Å². The standard InChI is InChI=1S/C5H11NO2.CH4.Pd/c1-3(2)4(6)5(7)8;;/h3-4H,6H2,1-2H3,(H,7,8);1H4;/t4-;;/m0../s1. The molecule has 0 aliphatic rings. The molecule has 0 aromatic heterocycles. The Morgan fingerprint density at radius 1 is 1.50 bits per heavy atom. The third-order valence-electron chi connectivity index (χ3n) is 1.00. The van der Waals surface area contributed by atoms with Crippen LogP contribution in [0.3, 0.4) is 0 Å². The maximum Gasteiger partial charge on any atom is 0.320 e. The van der Waals surface area contributed by atoms with Crippen molar-refractivity contribution in [2.75, 3.05) is 0 Å². The first-order valence-corrected chi connectivity index (χ1v) is 2.54. The van der Waals surface area contributed by atoms with Gasteiger partial charge in [0.05, 0.1) is 0 Å². The van der Waals surface area contributed by atoms with E-state index in [1.165, 1.54) is 0 Å². The van der Waals surface area contributed by atoms with Gasteiger partial charge in [-0.25, -0.2) is 0 Å². The van der Waals surface area contributed by atoms with Crippen LogP contribution in [0.4, 0.5) is 0 Å². The Kier molecular flexibility index (Phi) is 11.9. The summed E-state index contributed by atoms with van der Waals surface area (Å²) in [4.78, 5) is 10.0. The van der Waals surface area contributed by atoms with Crippen LogP contribution in [0.1, 0.15) is 21.3 Å². The molecule has 4 heteroatoms. The smallest absolute Gasteiger partial charge is 0.320 e. The molecule has 0 bridgehead atoms. The quantitative estimate of drug-likeness (QED) is 0.697. The minimum Gasteiger partial charge on any atom is -0.480 e. The maximum atomic E-state index is 10.0. The van der Waals surface area contributed by atoms with Gasteiger partial charge < -0.3 is 10.8 Å². The van der Waals surface area contributed by atoms with Crippen LogP contribution in [0.15, 0.2) is 0 Å². The number of hydrogen-bond donors (Lipinski definition) is 2. The molecule has 0 rings (SSSR count). The molecule has 66 valence electrons. The molecule has 0 aliphatic carbocycles. The second-order valence-electron chi connectivity index (χ2n) is 2.11. The van der Waals surface area contributed by atoms with Gasteiger partial charge in [-0.05, 0) is 5.92 Å². The summed E-state index contributed by atoms with van der Waals surface area (Å²) in [5.74, 6) is -0.910. The molecule has 0 aromatic rings. The van der Waals surface area contributed by atoms with Crippen LogP contribution in [0.2, 0.25) is 0 Å². The summed E-state index contributed by atoms with van der Waals surface area (Å²) in [6, 6.07) is -0.713. The molecule has 10 heavy (non-hydrogen) atoms. The van der Waals surface area contributed by atoms with Crippen LogP contribution < -0.4 is 5.73 Å². The van der Waals surface area contributed by atoms with Crippen molar-refractivity contribution in [3.05, 3.63) is 0 Å². The average molecular weight is 240 g/mol. The molecule has 0 saturated carbocycles. The van der Waals surface area contributed by atoms with Crippen molar-refractivity contribution in [1.29, 1.82) is 0 Å². The number of nitrogens with two attached hydrogens (primary N) is 1. The van der Waals surface area contributed by atoms with Gasteiger partial charge in [0.2, 0.25) is 0 Å². The zero-order valence-corrected chi connectivity index (χ0v) is 6.96. The Balaban J connectivity index is -0.000000245. The monoisotopic (exact) mass is 239 g/mol. The predicted octanol–water partition coefficient (Wildman–Crippen LogP) is 0.688. The van der Waals surface area contributed by atoms with Crippen LogP contribution >= 0.6 is 0 Å².